The smallest absolute Gasteiger partial charge is 0.258 e. The molecular formula is C24H28ClN3O2. The summed E-state index contributed by atoms with van der Waals surface area (Å²) in [7, 11) is 0. The molecule has 3 aromatic rings. The quantitative estimate of drug-likeness (QED) is 0.584. The molecule has 0 fully saturated rings. The summed E-state index contributed by atoms with van der Waals surface area (Å²) in [5.41, 5.74) is 16.1. The van der Waals surface area contributed by atoms with E-state index in [-0.39, 0.29) is 24.5 Å². The number of carbonyl (C=O) groups is 1. The van der Waals surface area contributed by atoms with E-state index in [4.69, 9.17) is 11.5 Å². The summed E-state index contributed by atoms with van der Waals surface area (Å²) in [6.45, 7) is 7.06. The van der Waals surface area contributed by atoms with Gasteiger partial charge in [0.25, 0.3) is 5.56 Å². The van der Waals surface area contributed by atoms with Crippen molar-refractivity contribution in [2.24, 2.45) is 17.4 Å². The Kier molecular flexibility index (Phi) is 7.59. The van der Waals surface area contributed by atoms with Crippen LogP contribution in [-0.4, -0.2) is 10.5 Å². The van der Waals surface area contributed by atoms with Gasteiger partial charge in [0, 0.05) is 35.8 Å². The maximum atomic E-state index is 13.3. The summed E-state index contributed by atoms with van der Waals surface area (Å²) >= 11 is 0. The fourth-order valence-corrected chi connectivity index (χ4v) is 3.61. The van der Waals surface area contributed by atoms with Gasteiger partial charge < -0.3 is 16.0 Å². The van der Waals surface area contributed by atoms with Crippen LogP contribution in [0.5, 0.6) is 0 Å². The number of aromatic nitrogens is 1. The van der Waals surface area contributed by atoms with Gasteiger partial charge in [0.15, 0.2) is 0 Å². The zero-order valence-electron chi connectivity index (χ0n) is 17.5. The molecule has 0 radical (unpaired) electrons. The van der Waals surface area contributed by atoms with Gasteiger partial charge in [-0.3, -0.25) is 9.59 Å². The number of carbonyl (C=O) groups excluding carboxylic acids is 1. The average molecular weight is 426 g/mol. The standard InChI is InChI=1S/C24H27N3O2.ClH/c1-15(2)14-27-21(13-25)23(18-8-4-16(3)5-9-18)20-12-17(7-11-22(26)28)6-10-19(20)24(27)29;/h4-12,15H,13-14,25H2,1-3H3,(H2,26,28);1H/b11-7+;. The van der Waals surface area contributed by atoms with Crippen molar-refractivity contribution < 1.29 is 4.79 Å². The predicted octanol–water partition coefficient (Wildman–Crippen LogP) is 4.01. The van der Waals surface area contributed by atoms with Gasteiger partial charge in [0.05, 0.1) is 0 Å². The van der Waals surface area contributed by atoms with Crippen molar-refractivity contribution >= 4 is 35.2 Å². The summed E-state index contributed by atoms with van der Waals surface area (Å²) < 4.78 is 1.81. The van der Waals surface area contributed by atoms with Gasteiger partial charge in [0.2, 0.25) is 5.91 Å². The summed E-state index contributed by atoms with van der Waals surface area (Å²) in [4.78, 5) is 24.4. The van der Waals surface area contributed by atoms with E-state index in [2.05, 4.69) is 38.1 Å². The van der Waals surface area contributed by atoms with E-state index >= 15 is 0 Å². The fraction of sp³-hybridized carbons (Fsp3) is 0.250. The molecule has 158 valence electrons. The molecule has 0 atom stereocenters. The van der Waals surface area contributed by atoms with Gasteiger partial charge in [-0.15, -0.1) is 12.4 Å². The minimum Gasteiger partial charge on any atom is -0.366 e. The third-order valence-electron chi connectivity index (χ3n) is 4.92. The molecule has 0 aliphatic carbocycles. The second kappa shape index (κ2) is 9.74. The molecule has 0 spiro atoms. The van der Waals surface area contributed by atoms with Crippen molar-refractivity contribution in [3.63, 3.8) is 0 Å². The van der Waals surface area contributed by atoms with Crippen LogP contribution in [0.15, 0.2) is 53.3 Å². The van der Waals surface area contributed by atoms with E-state index in [1.807, 2.05) is 25.1 Å². The number of fused-ring (bicyclic) bond motifs is 1. The van der Waals surface area contributed by atoms with Gasteiger partial charge >= 0.3 is 0 Å². The normalized spacial score (nSPS) is 11.2. The highest BCUT2D eigenvalue weighted by Gasteiger charge is 2.18. The van der Waals surface area contributed by atoms with Crippen LogP contribution in [0.25, 0.3) is 28.0 Å². The lowest BCUT2D eigenvalue weighted by Gasteiger charge is -2.21. The lowest BCUT2D eigenvalue weighted by molar-refractivity contribution is -0.113. The van der Waals surface area contributed by atoms with Gasteiger partial charge in [0.1, 0.15) is 0 Å². The van der Waals surface area contributed by atoms with Crippen LogP contribution in [0.4, 0.5) is 0 Å². The van der Waals surface area contributed by atoms with E-state index < -0.39 is 5.91 Å². The van der Waals surface area contributed by atoms with Gasteiger partial charge in [-0.05, 0) is 47.6 Å². The third kappa shape index (κ3) is 4.81. The molecule has 4 N–H and O–H groups in total. The highest BCUT2D eigenvalue weighted by atomic mass is 35.5. The van der Waals surface area contributed by atoms with E-state index in [1.165, 1.54) is 6.08 Å². The molecule has 0 saturated carbocycles. The van der Waals surface area contributed by atoms with Crippen LogP contribution in [0.3, 0.4) is 0 Å². The molecule has 0 aliphatic rings. The van der Waals surface area contributed by atoms with Crippen LogP contribution in [-0.2, 0) is 17.9 Å². The lowest BCUT2D eigenvalue weighted by Crippen LogP contribution is -2.28. The first kappa shape index (κ1) is 23.4. The monoisotopic (exact) mass is 425 g/mol. The summed E-state index contributed by atoms with van der Waals surface area (Å²) in [5.74, 6) is -0.210. The topological polar surface area (TPSA) is 91.1 Å². The Morgan fingerprint density at radius 2 is 1.77 bits per heavy atom. The van der Waals surface area contributed by atoms with Crippen molar-refractivity contribution in [1.82, 2.24) is 4.57 Å². The van der Waals surface area contributed by atoms with Crippen LogP contribution in [0, 0.1) is 12.8 Å². The number of nitrogens with zero attached hydrogens (tertiary/aromatic N) is 1. The number of aryl methyl sites for hydroxylation is 1. The number of halogens is 1. The second-order valence-corrected chi connectivity index (χ2v) is 7.74. The molecule has 2 aromatic carbocycles. The molecule has 6 heteroatoms. The maximum Gasteiger partial charge on any atom is 0.258 e. The third-order valence-corrected chi connectivity index (χ3v) is 4.92. The first-order valence-corrected chi connectivity index (χ1v) is 9.76. The number of benzene rings is 2. The summed E-state index contributed by atoms with van der Waals surface area (Å²) in [6, 6.07) is 13.8. The van der Waals surface area contributed by atoms with Crippen molar-refractivity contribution in [3.05, 3.63) is 75.7 Å². The molecule has 30 heavy (non-hydrogen) atoms. The minimum atomic E-state index is -0.515. The first-order valence-electron chi connectivity index (χ1n) is 9.76. The molecular weight excluding hydrogens is 398 g/mol. The summed E-state index contributed by atoms with van der Waals surface area (Å²) in [6.07, 6.45) is 2.97. The Labute approximate surface area is 182 Å². The molecule has 0 saturated heterocycles. The van der Waals surface area contributed by atoms with E-state index in [0.717, 1.165) is 33.3 Å². The molecule has 1 heterocycles. The molecule has 5 nitrogen and oxygen atoms in total. The number of amides is 1. The zero-order valence-corrected chi connectivity index (χ0v) is 18.3. The molecule has 3 rings (SSSR count). The fourth-order valence-electron chi connectivity index (χ4n) is 3.61. The predicted molar refractivity (Wildman–Crippen MR) is 127 cm³/mol. The van der Waals surface area contributed by atoms with E-state index in [1.54, 1.807) is 10.6 Å². The number of rotatable bonds is 6. The number of hydrogen-bond donors (Lipinski definition) is 2. The van der Waals surface area contributed by atoms with Gasteiger partial charge in [-0.1, -0.05) is 49.7 Å². The SMILES string of the molecule is Cc1ccc(-c2c(CN)n(CC(C)C)c(=O)c3ccc(/C=C/C(N)=O)cc23)cc1.Cl. The van der Waals surface area contributed by atoms with Gasteiger partial charge in [-0.2, -0.15) is 0 Å². The Bertz CT molecular complexity index is 1150. The number of hydrogen-bond acceptors (Lipinski definition) is 3. The van der Waals surface area contributed by atoms with Crippen molar-refractivity contribution in [2.45, 2.75) is 33.9 Å². The Morgan fingerprint density at radius 1 is 1.10 bits per heavy atom. The van der Waals surface area contributed by atoms with Crippen LogP contribution >= 0.6 is 12.4 Å². The Morgan fingerprint density at radius 3 is 2.33 bits per heavy atom. The van der Waals surface area contributed by atoms with Crippen LogP contribution in [0.2, 0.25) is 0 Å². The zero-order chi connectivity index (χ0) is 21.1. The molecule has 1 amide bonds. The van der Waals surface area contributed by atoms with Crippen LogP contribution < -0.4 is 17.0 Å². The minimum absolute atomic E-state index is 0. The largest absolute Gasteiger partial charge is 0.366 e. The number of pyridine rings is 1. The first-order chi connectivity index (χ1) is 13.8. The number of primary amides is 1. The van der Waals surface area contributed by atoms with Crippen molar-refractivity contribution in [2.75, 3.05) is 0 Å². The van der Waals surface area contributed by atoms with E-state index in [0.29, 0.717) is 17.8 Å². The molecule has 0 unspecified atom stereocenters. The number of nitrogens with two attached hydrogens (primary N) is 2. The highest BCUT2D eigenvalue weighted by molar-refractivity contribution is 5.99. The van der Waals surface area contributed by atoms with Crippen molar-refractivity contribution in [3.8, 4) is 11.1 Å². The van der Waals surface area contributed by atoms with Crippen molar-refractivity contribution in [1.29, 1.82) is 0 Å². The maximum absolute atomic E-state index is 13.3. The van der Waals surface area contributed by atoms with Gasteiger partial charge in [-0.25, -0.2) is 0 Å². The Balaban J connectivity index is 0.00000320. The Hall–Kier alpha value is -2.89. The lowest BCUT2D eigenvalue weighted by atomic mass is 9.94. The highest BCUT2D eigenvalue weighted by Crippen LogP contribution is 2.32. The molecule has 0 aliphatic heterocycles. The average Bonchev–Trinajstić information content (AvgIpc) is 2.68. The van der Waals surface area contributed by atoms with E-state index in [9.17, 15) is 9.59 Å². The van der Waals surface area contributed by atoms with Crippen LogP contribution in [0.1, 0.15) is 30.7 Å². The molecule has 0 bridgehead atoms. The second-order valence-electron chi connectivity index (χ2n) is 7.74. The molecule has 1 aromatic heterocycles. The summed E-state index contributed by atoms with van der Waals surface area (Å²) in [5, 5.41) is 1.46.